The topological polar surface area (TPSA) is 131 Å². The number of nitrogens with two attached hydrogens (primary N) is 2. The molecule has 9 heteroatoms. The van der Waals surface area contributed by atoms with Gasteiger partial charge in [0.05, 0.1) is 12.8 Å². The Balaban J connectivity index is 2.23. The van der Waals surface area contributed by atoms with Gasteiger partial charge in [-0.1, -0.05) is 13.8 Å². The fourth-order valence-electron chi connectivity index (χ4n) is 3.36. The van der Waals surface area contributed by atoms with Crippen LogP contribution in [0.4, 0.5) is 17.1 Å². The molecule has 2 amide bonds. The smallest absolute Gasteiger partial charge is 0.264 e. The van der Waals surface area contributed by atoms with E-state index in [1.165, 1.54) is 0 Å². The van der Waals surface area contributed by atoms with E-state index in [4.69, 9.17) is 16.2 Å². The highest BCUT2D eigenvalue weighted by atomic mass is 16.5. The lowest BCUT2D eigenvalue weighted by molar-refractivity contribution is -0.121. The lowest BCUT2D eigenvalue weighted by atomic mass is 10.0. The summed E-state index contributed by atoms with van der Waals surface area (Å²) in [4.78, 5) is 43.8. The van der Waals surface area contributed by atoms with Crippen molar-refractivity contribution in [2.24, 2.45) is 22.4 Å². The van der Waals surface area contributed by atoms with Gasteiger partial charge in [-0.2, -0.15) is 0 Å². The SMILES string of the molecule is COc1ccc(N=C(C=O)C(CCN(C)c2ccc(N(C)C(=O)C(C)C)cc2)=C(N)C(N)=O)cc1. The number of aldehydes is 1. The van der Waals surface area contributed by atoms with E-state index in [1.807, 2.05) is 50.1 Å². The maximum atomic E-state index is 12.2. The van der Waals surface area contributed by atoms with Gasteiger partial charge in [0, 0.05) is 43.5 Å². The normalized spacial score (nSPS) is 12.1. The summed E-state index contributed by atoms with van der Waals surface area (Å²) in [5, 5.41) is 0. The average Bonchev–Trinajstić information content (AvgIpc) is 2.87. The molecule has 0 bridgehead atoms. The Bertz CT molecular complexity index is 1110. The van der Waals surface area contributed by atoms with Crippen molar-refractivity contribution in [3.63, 3.8) is 0 Å². The molecule has 9 nitrogen and oxygen atoms in total. The Kier molecular flexibility index (Phi) is 9.57. The Labute approximate surface area is 206 Å². The molecule has 0 aliphatic carbocycles. The van der Waals surface area contributed by atoms with Crippen molar-refractivity contribution in [1.29, 1.82) is 0 Å². The maximum Gasteiger partial charge on any atom is 0.264 e. The lowest BCUT2D eigenvalue weighted by Gasteiger charge is -2.23. The van der Waals surface area contributed by atoms with E-state index in [2.05, 4.69) is 4.99 Å². The first-order chi connectivity index (χ1) is 16.6. The van der Waals surface area contributed by atoms with Gasteiger partial charge in [-0.3, -0.25) is 14.4 Å². The van der Waals surface area contributed by atoms with Gasteiger partial charge in [0.2, 0.25) is 5.91 Å². The van der Waals surface area contributed by atoms with Gasteiger partial charge in [-0.25, -0.2) is 4.99 Å². The van der Waals surface area contributed by atoms with E-state index in [0.717, 1.165) is 11.4 Å². The Morgan fingerprint density at radius 3 is 2.06 bits per heavy atom. The van der Waals surface area contributed by atoms with Crippen LogP contribution in [0.5, 0.6) is 5.75 Å². The third-order valence-electron chi connectivity index (χ3n) is 5.53. The number of amides is 2. The van der Waals surface area contributed by atoms with Crippen LogP contribution in [-0.4, -0.2) is 51.6 Å². The van der Waals surface area contributed by atoms with Crippen molar-refractivity contribution in [3.05, 3.63) is 59.8 Å². The van der Waals surface area contributed by atoms with Gasteiger partial charge in [-0.15, -0.1) is 0 Å². The minimum atomic E-state index is -0.825. The number of anilines is 2. The molecule has 2 aromatic rings. The molecule has 2 rings (SSSR count). The van der Waals surface area contributed by atoms with E-state index in [0.29, 0.717) is 24.3 Å². The summed E-state index contributed by atoms with van der Waals surface area (Å²) < 4.78 is 5.13. The third-order valence-corrected chi connectivity index (χ3v) is 5.53. The lowest BCUT2D eigenvalue weighted by Crippen LogP contribution is -2.30. The van der Waals surface area contributed by atoms with Gasteiger partial charge in [0.25, 0.3) is 5.91 Å². The highest BCUT2D eigenvalue weighted by molar-refractivity contribution is 6.37. The van der Waals surface area contributed by atoms with E-state index in [1.54, 1.807) is 43.3 Å². The van der Waals surface area contributed by atoms with E-state index < -0.39 is 5.91 Å². The van der Waals surface area contributed by atoms with Crippen LogP contribution >= 0.6 is 0 Å². The monoisotopic (exact) mass is 479 g/mol. The number of rotatable bonds is 11. The van der Waals surface area contributed by atoms with Crippen LogP contribution < -0.4 is 26.0 Å². The molecule has 186 valence electrons. The summed E-state index contributed by atoms with van der Waals surface area (Å²) in [7, 11) is 5.17. The first-order valence-corrected chi connectivity index (χ1v) is 11.1. The van der Waals surface area contributed by atoms with Crippen molar-refractivity contribution >= 4 is 40.9 Å². The highest BCUT2D eigenvalue weighted by Gasteiger charge is 2.17. The number of ether oxygens (including phenoxy) is 1. The van der Waals surface area contributed by atoms with E-state index >= 15 is 0 Å². The number of carbonyl (C=O) groups is 3. The van der Waals surface area contributed by atoms with Gasteiger partial charge < -0.3 is 26.0 Å². The van der Waals surface area contributed by atoms with Gasteiger partial charge in [0.1, 0.15) is 17.2 Å². The summed E-state index contributed by atoms with van der Waals surface area (Å²) >= 11 is 0. The number of benzene rings is 2. The van der Waals surface area contributed by atoms with Crippen LogP contribution in [0, 0.1) is 5.92 Å². The predicted molar refractivity (Wildman–Crippen MR) is 139 cm³/mol. The predicted octanol–water partition coefficient (Wildman–Crippen LogP) is 2.81. The van der Waals surface area contributed by atoms with Crippen molar-refractivity contribution in [2.75, 3.05) is 37.5 Å². The zero-order valence-corrected chi connectivity index (χ0v) is 20.8. The number of aliphatic imine (C=N–C) groups is 1. The summed E-state index contributed by atoms with van der Waals surface area (Å²) in [5.74, 6) is -0.249. The van der Waals surface area contributed by atoms with Crippen LogP contribution in [0.25, 0.3) is 0 Å². The Morgan fingerprint density at radius 2 is 1.57 bits per heavy atom. The van der Waals surface area contributed by atoms with Crippen molar-refractivity contribution in [1.82, 2.24) is 0 Å². The van der Waals surface area contributed by atoms with E-state index in [9.17, 15) is 14.4 Å². The summed E-state index contributed by atoms with van der Waals surface area (Å²) in [6.45, 7) is 4.14. The molecule has 0 atom stereocenters. The van der Waals surface area contributed by atoms with Gasteiger partial charge in [-0.05, 0) is 55.0 Å². The maximum absolute atomic E-state index is 12.2. The number of carbonyl (C=O) groups excluding carboxylic acids is 3. The Hall–Kier alpha value is -4.14. The number of hydrogen-bond acceptors (Lipinski definition) is 7. The van der Waals surface area contributed by atoms with Crippen LogP contribution in [-0.2, 0) is 14.4 Å². The molecular weight excluding hydrogens is 446 g/mol. The Morgan fingerprint density at radius 1 is 1.00 bits per heavy atom. The second-order valence-electron chi connectivity index (χ2n) is 8.31. The summed E-state index contributed by atoms with van der Waals surface area (Å²) in [5.41, 5.74) is 13.6. The molecule has 0 radical (unpaired) electrons. The van der Waals surface area contributed by atoms with Crippen LogP contribution in [0.1, 0.15) is 20.3 Å². The van der Waals surface area contributed by atoms with E-state index in [-0.39, 0.29) is 35.2 Å². The second kappa shape index (κ2) is 12.4. The fraction of sp³-hybridized carbons (Fsp3) is 0.308. The highest BCUT2D eigenvalue weighted by Crippen LogP contribution is 2.23. The molecule has 0 fully saturated rings. The van der Waals surface area contributed by atoms with Crippen molar-refractivity contribution in [3.8, 4) is 5.75 Å². The quantitative estimate of drug-likeness (QED) is 0.289. The first kappa shape index (κ1) is 27.1. The molecule has 0 heterocycles. The number of methoxy groups -OCH3 is 1. The van der Waals surface area contributed by atoms with Gasteiger partial charge >= 0.3 is 0 Å². The summed E-state index contributed by atoms with van der Waals surface area (Å²) in [6, 6.07) is 14.3. The number of nitrogens with zero attached hydrogens (tertiary/aromatic N) is 3. The molecule has 2 aromatic carbocycles. The fourth-order valence-corrected chi connectivity index (χ4v) is 3.36. The first-order valence-electron chi connectivity index (χ1n) is 11.1. The molecule has 0 aliphatic rings. The average molecular weight is 480 g/mol. The molecule has 0 aliphatic heterocycles. The molecule has 0 saturated carbocycles. The van der Waals surface area contributed by atoms with Crippen LogP contribution in [0.2, 0.25) is 0 Å². The molecule has 4 N–H and O–H groups in total. The summed E-state index contributed by atoms with van der Waals surface area (Å²) in [6.07, 6.45) is 0.818. The minimum Gasteiger partial charge on any atom is -0.497 e. The number of primary amides is 1. The standard InChI is InChI=1S/C26H33N5O4/c1-17(2)26(34)31(4)20-10-8-19(9-11-20)30(3)15-14-22(24(27)25(28)33)23(16-32)29-18-6-12-21(35-5)13-7-18/h6-13,16-17H,14-15,27H2,1-5H3,(H2,28,33). The largest absolute Gasteiger partial charge is 0.497 e. The van der Waals surface area contributed by atoms with Crippen LogP contribution in [0.15, 0.2) is 64.8 Å². The van der Waals surface area contributed by atoms with Crippen molar-refractivity contribution in [2.45, 2.75) is 20.3 Å². The molecule has 0 spiro atoms. The molecular formula is C26H33N5O4. The zero-order chi connectivity index (χ0) is 26.1. The number of hydrogen-bond donors (Lipinski definition) is 2. The van der Waals surface area contributed by atoms with Crippen molar-refractivity contribution < 1.29 is 19.1 Å². The molecule has 35 heavy (non-hydrogen) atoms. The zero-order valence-electron chi connectivity index (χ0n) is 20.8. The molecule has 0 saturated heterocycles. The minimum absolute atomic E-state index is 0.0281. The molecule has 0 unspecified atom stereocenters. The molecule has 0 aromatic heterocycles. The van der Waals surface area contributed by atoms with Crippen LogP contribution in [0.3, 0.4) is 0 Å². The third kappa shape index (κ3) is 7.17. The van der Waals surface area contributed by atoms with Gasteiger partial charge in [0.15, 0.2) is 6.29 Å². The second-order valence-corrected chi connectivity index (χ2v) is 8.31.